The highest BCUT2D eigenvalue weighted by Gasteiger charge is 2.47. The fourth-order valence-electron chi connectivity index (χ4n) is 3.04. The number of carbonyl (C=O) groups excluding carboxylic acids is 2. The molecule has 1 fully saturated rings. The first-order valence-electron chi connectivity index (χ1n) is 9.07. The van der Waals surface area contributed by atoms with Crippen LogP contribution in [0.5, 0.6) is 0 Å². The van der Waals surface area contributed by atoms with Gasteiger partial charge in [0.25, 0.3) is 0 Å². The molecule has 1 saturated carbocycles. The maximum absolute atomic E-state index is 12.9. The minimum absolute atomic E-state index is 0.0734. The minimum atomic E-state index is -0.273. The number of hydrogen-bond donors (Lipinski definition) is 2. The molecule has 2 amide bonds. The van der Waals surface area contributed by atoms with Crippen LogP contribution in [0.25, 0.3) is 0 Å². The predicted octanol–water partition coefficient (Wildman–Crippen LogP) is 3.13. The lowest BCUT2D eigenvalue weighted by Crippen LogP contribution is -2.32. The molecule has 2 aromatic rings. The summed E-state index contributed by atoms with van der Waals surface area (Å²) >= 11 is 5.94. The van der Waals surface area contributed by atoms with Crippen molar-refractivity contribution < 1.29 is 14.0 Å². The molecule has 2 atom stereocenters. The Labute approximate surface area is 163 Å². The molecule has 4 nitrogen and oxygen atoms in total. The molecule has 2 aromatic carbocycles. The number of amides is 2. The van der Waals surface area contributed by atoms with Gasteiger partial charge in [-0.15, -0.1) is 0 Å². The van der Waals surface area contributed by atoms with Gasteiger partial charge < -0.3 is 10.6 Å². The van der Waals surface area contributed by atoms with Crippen molar-refractivity contribution in [3.63, 3.8) is 0 Å². The zero-order chi connectivity index (χ0) is 19.2. The monoisotopic (exact) mass is 388 g/mol. The standard InChI is InChI=1S/C21H22ClFN2O2/c22-16-3-1-2-15(12-16)9-11-25-21(27)19-13-18(19)20(26)24-10-8-14-4-6-17(23)7-5-14/h1-7,12,18-19H,8-11,13H2,(H,24,26)(H,25,27). The molecule has 0 saturated heterocycles. The second-order valence-corrected chi connectivity index (χ2v) is 7.22. The number of carbonyl (C=O) groups is 2. The second-order valence-electron chi connectivity index (χ2n) is 6.79. The van der Waals surface area contributed by atoms with E-state index in [-0.39, 0.29) is 29.5 Å². The van der Waals surface area contributed by atoms with Gasteiger partial charge in [0.05, 0.1) is 11.8 Å². The average molecular weight is 389 g/mol. The summed E-state index contributed by atoms with van der Waals surface area (Å²) in [5.74, 6) is -0.924. The average Bonchev–Trinajstić information content (AvgIpc) is 3.44. The molecular weight excluding hydrogens is 367 g/mol. The molecule has 2 unspecified atom stereocenters. The molecule has 0 radical (unpaired) electrons. The lowest BCUT2D eigenvalue weighted by atomic mass is 10.1. The Morgan fingerprint density at radius 2 is 1.52 bits per heavy atom. The van der Waals surface area contributed by atoms with Crippen LogP contribution in [0.15, 0.2) is 48.5 Å². The zero-order valence-corrected chi connectivity index (χ0v) is 15.6. The Morgan fingerprint density at radius 1 is 0.926 bits per heavy atom. The third-order valence-corrected chi connectivity index (χ3v) is 4.93. The minimum Gasteiger partial charge on any atom is -0.356 e. The van der Waals surface area contributed by atoms with Crippen LogP contribution in [0.2, 0.25) is 5.02 Å². The lowest BCUT2D eigenvalue weighted by Gasteiger charge is -2.07. The van der Waals surface area contributed by atoms with Crippen LogP contribution >= 0.6 is 11.6 Å². The summed E-state index contributed by atoms with van der Waals surface area (Å²) in [6.07, 6.45) is 1.92. The highest BCUT2D eigenvalue weighted by molar-refractivity contribution is 6.30. The summed E-state index contributed by atoms with van der Waals surface area (Å²) in [5, 5.41) is 6.42. The normalized spacial score (nSPS) is 18.0. The fraction of sp³-hybridized carbons (Fsp3) is 0.333. The Bertz CT molecular complexity index is 810. The van der Waals surface area contributed by atoms with Gasteiger partial charge in [-0.25, -0.2) is 4.39 Å². The van der Waals surface area contributed by atoms with E-state index in [1.165, 1.54) is 12.1 Å². The molecule has 0 bridgehead atoms. The Balaban J connectivity index is 1.33. The van der Waals surface area contributed by atoms with Gasteiger partial charge in [-0.3, -0.25) is 9.59 Å². The van der Waals surface area contributed by atoms with Gasteiger partial charge in [0.15, 0.2) is 0 Å². The van der Waals surface area contributed by atoms with Crippen molar-refractivity contribution in [2.24, 2.45) is 11.8 Å². The van der Waals surface area contributed by atoms with Gasteiger partial charge in [-0.05, 0) is 54.7 Å². The summed E-state index contributed by atoms with van der Waals surface area (Å²) in [7, 11) is 0. The van der Waals surface area contributed by atoms with Crippen LogP contribution < -0.4 is 10.6 Å². The molecular formula is C21H22ClFN2O2. The van der Waals surface area contributed by atoms with Crippen molar-refractivity contribution in [2.45, 2.75) is 19.3 Å². The number of rotatable bonds is 8. The first kappa shape index (κ1) is 19.4. The van der Waals surface area contributed by atoms with E-state index >= 15 is 0 Å². The van der Waals surface area contributed by atoms with E-state index in [9.17, 15) is 14.0 Å². The SMILES string of the molecule is O=C(NCCc1ccc(F)cc1)C1CC1C(=O)NCCc1cccc(Cl)c1. The molecule has 1 aliphatic rings. The van der Waals surface area contributed by atoms with Crippen molar-refractivity contribution in [2.75, 3.05) is 13.1 Å². The van der Waals surface area contributed by atoms with Crippen molar-refractivity contribution >= 4 is 23.4 Å². The third kappa shape index (κ3) is 5.79. The molecule has 27 heavy (non-hydrogen) atoms. The predicted molar refractivity (Wildman–Crippen MR) is 103 cm³/mol. The Kier molecular flexibility index (Phi) is 6.45. The highest BCUT2D eigenvalue weighted by Crippen LogP contribution is 2.38. The van der Waals surface area contributed by atoms with Crippen molar-refractivity contribution in [1.82, 2.24) is 10.6 Å². The Morgan fingerprint density at radius 3 is 2.11 bits per heavy atom. The van der Waals surface area contributed by atoms with E-state index < -0.39 is 0 Å². The van der Waals surface area contributed by atoms with Crippen molar-refractivity contribution in [1.29, 1.82) is 0 Å². The molecule has 142 valence electrons. The molecule has 2 N–H and O–H groups in total. The van der Waals surface area contributed by atoms with Crippen LogP contribution in [0.1, 0.15) is 17.5 Å². The van der Waals surface area contributed by atoms with Crippen molar-refractivity contribution in [3.05, 3.63) is 70.5 Å². The first-order chi connectivity index (χ1) is 13.0. The van der Waals surface area contributed by atoms with Crippen LogP contribution in [0.3, 0.4) is 0 Å². The van der Waals surface area contributed by atoms with E-state index in [4.69, 9.17) is 11.6 Å². The topological polar surface area (TPSA) is 58.2 Å². The highest BCUT2D eigenvalue weighted by atomic mass is 35.5. The van der Waals surface area contributed by atoms with Crippen LogP contribution in [0.4, 0.5) is 4.39 Å². The molecule has 0 aliphatic heterocycles. The second kappa shape index (κ2) is 9.00. The van der Waals surface area contributed by atoms with Gasteiger partial charge in [0.1, 0.15) is 5.82 Å². The van der Waals surface area contributed by atoms with E-state index in [0.717, 1.165) is 11.1 Å². The van der Waals surface area contributed by atoms with Gasteiger partial charge >= 0.3 is 0 Å². The molecule has 0 spiro atoms. The summed E-state index contributed by atoms with van der Waals surface area (Å²) in [5.41, 5.74) is 2.02. The molecule has 1 aliphatic carbocycles. The van der Waals surface area contributed by atoms with Gasteiger partial charge in [-0.1, -0.05) is 35.9 Å². The van der Waals surface area contributed by atoms with Crippen molar-refractivity contribution in [3.8, 4) is 0 Å². The van der Waals surface area contributed by atoms with E-state index in [1.54, 1.807) is 12.1 Å². The maximum Gasteiger partial charge on any atom is 0.223 e. The van der Waals surface area contributed by atoms with Crippen LogP contribution in [-0.4, -0.2) is 24.9 Å². The summed E-state index contributed by atoms with van der Waals surface area (Å²) in [6, 6.07) is 13.8. The quantitative estimate of drug-likeness (QED) is 0.730. The lowest BCUT2D eigenvalue weighted by molar-refractivity contribution is -0.127. The molecule has 0 aromatic heterocycles. The van der Waals surface area contributed by atoms with Crippen LogP contribution in [0, 0.1) is 17.7 Å². The number of nitrogens with one attached hydrogen (secondary N) is 2. The van der Waals surface area contributed by atoms with Gasteiger partial charge in [0, 0.05) is 18.1 Å². The maximum atomic E-state index is 12.9. The zero-order valence-electron chi connectivity index (χ0n) is 14.9. The molecule has 0 heterocycles. The van der Waals surface area contributed by atoms with E-state index in [0.29, 0.717) is 37.4 Å². The van der Waals surface area contributed by atoms with Crippen LogP contribution in [-0.2, 0) is 22.4 Å². The number of benzene rings is 2. The first-order valence-corrected chi connectivity index (χ1v) is 9.45. The van der Waals surface area contributed by atoms with Gasteiger partial charge in [-0.2, -0.15) is 0 Å². The third-order valence-electron chi connectivity index (χ3n) is 4.69. The van der Waals surface area contributed by atoms with Gasteiger partial charge in [0.2, 0.25) is 11.8 Å². The summed E-state index contributed by atoms with van der Waals surface area (Å²) < 4.78 is 12.9. The largest absolute Gasteiger partial charge is 0.356 e. The van der Waals surface area contributed by atoms with E-state index in [2.05, 4.69) is 10.6 Å². The van der Waals surface area contributed by atoms with E-state index in [1.807, 2.05) is 24.3 Å². The summed E-state index contributed by atoms with van der Waals surface area (Å²) in [4.78, 5) is 24.3. The molecule has 6 heteroatoms. The Hall–Kier alpha value is -2.40. The summed E-state index contributed by atoms with van der Waals surface area (Å²) in [6.45, 7) is 0.999. The number of hydrogen-bond acceptors (Lipinski definition) is 2. The number of halogens is 2. The molecule has 3 rings (SSSR count). The smallest absolute Gasteiger partial charge is 0.223 e. The fourth-order valence-corrected chi connectivity index (χ4v) is 3.25.